The van der Waals surface area contributed by atoms with Gasteiger partial charge in [0.2, 0.25) is 5.95 Å². The third-order valence-corrected chi connectivity index (χ3v) is 13.8. The minimum Gasteiger partial charge on any atom is -0.369 e. The molecule has 8 heterocycles. The lowest BCUT2D eigenvalue weighted by Crippen LogP contribution is -2.37. The van der Waals surface area contributed by atoms with Gasteiger partial charge in [0.15, 0.2) is 28.8 Å². The fourth-order valence-corrected chi connectivity index (χ4v) is 10.0. The van der Waals surface area contributed by atoms with E-state index >= 15 is 0 Å². The summed E-state index contributed by atoms with van der Waals surface area (Å²) in [5, 5.41) is 19.5. The van der Waals surface area contributed by atoms with E-state index in [9.17, 15) is 0 Å². The summed E-state index contributed by atoms with van der Waals surface area (Å²) in [5.74, 6) is 6.10. The molecule has 2 aliphatic rings. The third kappa shape index (κ3) is 9.32. The number of hydrogen-bond donors (Lipinski definition) is 2. The van der Waals surface area contributed by atoms with Gasteiger partial charge in [0, 0.05) is 82.0 Å². The maximum atomic E-state index is 6.19. The second kappa shape index (κ2) is 19.2. The standard InChI is InChI=1S/C52H57ClN14/c1-32(2)37-12-6-8-14-39(37)49-59-45-41(16-10-22-54-45)47(61-49)56-29-35-18-24-66(25-19-35)51-33(3)28-43(63-64-51)34(4)38-13-7-9-15-40(38)50-60-46-42(17-11-23-55-46)48(62-50)57-30-36-20-26-67(27-21-36)52-58-44(53)31-65(52)5/h6-17,22-23,28,31-32,34-36H,18-21,24-27,29-30H2,1-5H3,(H,54,56,59,61)(H,55,57,60,62). The maximum Gasteiger partial charge on any atom is 0.206 e. The van der Waals surface area contributed by atoms with Crippen LogP contribution >= 0.6 is 11.6 Å². The Bertz CT molecular complexity index is 3030. The lowest BCUT2D eigenvalue weighted by atomic mass is 9.91. The van der Waals surface area contributed by atoms with E-state index in [1.165, 1.54) is 5.56 Å². The van der Waals surface area contributed by atoms with Gasteiger partial charge in [-0.15, -0.1) is 5.10 Å². The van der Waals surface area contributed by atoms with Crippen molar-refractivity contribution in [1.29, 1.82) is 0 Å². The molecule has 10 rings (SSSR count). The van der Waals surface area contributed by atoms with Crippen molar-refractivity contribution < 1.29 is 0 Å². The molecule has 0 radical (unpaired) electrons. The van der Waals surface area contributed by atoms with Gasteiger partial charge in [-0.3, -0.25) is 0 Å². The van der Waals surface area contributed by atoms with E-state index in [4.69, 9.17) is 41.7 Å². The van der Waals surface area contributed by atoms with Gasteiger partial charge >= 0.3 is 0 Å². The predicted molar refractivity (Wildman–Crippen MR) is 269 cm³/mol. The molecule has 6 aromatic heterocycles. The second-order valence-corrected chi connectivity index (χ2v) is 18.9. The van der Waals surface area contributed by atoms with Gasteiger partial charge < -0.3 is 25.0 Å². The summed E-state index contributed by atoms with van der Waals surface area (Å²) in [6.45, 7) is 14.0. The van der Waals surface area contributed by atoms with Crippen molar-refractivity contribution in [1.82, 2.24) is 49.7 Å². The molecule has 342 valence electrons. The average Bonchev–Trinajstić information content (AvgIpc) is 3.71. The number of rotatable bonds is 13. The van der Waals surface area contributed by atoms with Crippen LogP contribution < -0.4 is 20.4 Å². The molecule has 0 bridgehead atoms. The van der Waals surface area contributed by atoms with Crippen LogP contribution in [0.15, 0.2) is 97.5 Å². The Morgan fingerprint density at radius 2 is 1.18 bits per heavy atom. The summed E-state index contributed by atoms with van der Waals surface area (Å²) in [7, 11) is 1.99. The highest BCUT2D eigenvalue weighted by Crippen LogP contribution is 2.36. The fraction of sp³-hybridized carbons (Fsp3) is 0.365. The molecule has 8 aromatic rings. The number of nitrogens with one attached hydrogen (secondary N) is 2. The second-order valence-electron chi connectivity index (χ2n) is 18.5. The number of fused-ring (bicyclic) bond motifs is 2. The van der Waals surface area contributed by atoms with E-state index in [-0.39, 0.29) is 5.92 Å². The van der Waals surface area contributed by atoms with E-state index in [0.29, 0.717) is 45.8 Å². The minimum atomic E-state index is -0.0565. The molecule has 1 atom stereocenters. The zero-order valence-corrected chi connectivity index (χ0v) is 39.6. The van der Waals surface area contributed by atoms with Crippen molar-refractivity contribution in [2.75, 3.05) is 59.7 Å². The van der Waals surface area contributed by atoms with Gasteiger partial charge in [0.05, 0.1) is 16.5 Å². The van der Waals surface area contributed by atoms with Crippen LogP contribution in [0.1, 0.15) is 80.7 Å². The fourth-order valence-electron chi connectivity index (χ4n) is 9.78. The number of imidazole rings is 1. The highest BCUT2D eigenvalue weighted by molar-refractivity contribution is 6.29. The van der Waals surface area contributed by atoms with Gasteiger partial charge in [0.25, 0.3) is 0 Å². The Balaban J connectivity index is 0.803. The van der Waals surface area contributed by atoms with Crippen LogP contribution in [-0.2, 0) is 7.05 Å². The summed E-state index contributed by atoms with van der Waals surface area (Å²) < 4.78 is 2.00. The SMILES string of the molecule is Cc1cc(C(C)c2ccccc2-c2nc(NCC3CCN(c4nc(Cl)cn4C)CC3)c3cccnc3n2)nnc1N1CCC(CNc2nc(-c3ccccc3C(C)C)nc3ncccc23)CC1. The summed E-state index contributed by atoms with van der Waals surface area (Å²) in [6.07, 6.45) is 9.58. The van der Waals surface area contributed by atoms with Crippen molar-refractivity contribution in [3.8, 4) is 22.8 Å². The third-order valence-electron chi connectivity index (χ3n) is 13.6. The van der Waals surface area contributed by atoms with Crippen LogP contribution in [0, 0.1) is 18.8 Å². The van der Waals surface area contributed by atoms with Gasteiger partial charge in [-0.1, -0.05) is 80.9 Å². The van der Waals surface area contributed by atoms with Crippen LogP contribution in [-0.4, -0.2) is 88.9 Å². The summed E-state index contributed by atoms with van der Waals surface area (Å²) in [5.41, 5.74) is 7.71. The van der Waals surface area contributed by atoms with Crippen LogP contribution in [0.5, 0.6) is 0 Å². The van der Waals surface area contributed by atoms with Crippen molar-refractivity contribution in [2.24, 2.45) is 18.9 Å². The number of pyridine rings is 2. The van der Waals surface area contributed by atoms with Crippen molar-refractivity contribution in [3.63, 3.8) is 0 Å². The molecule has 2 saturated heterocycles. The predicted octanol–water partition coefficient (Wildman–Crippen LogP) is 10.1. The van der Waals surface area contributed by atoms with Crippen LogP contribution in [0.25, 0.3) is 44.8 Å². The molecule has 0 amide bonds. The highest BCUT2D eigenvalue weighted by Gasteiger charge is 2.26. The number of hydrogen-bond acceptors (Lipinski definition) is 13. The van der Waals surface area contributed by atoms with E-state index in [0.717, 1.165) is 127 Å². The quantitative estimate of drug-likeness (QED) is 0.113. The normalized spacial score (nSPS) is 15.4. The first-order valence-corrected chi connectivity index (χ1v) is 24.0. The maximum absolute atomic E-state index is 6.19. The molecule has 0 spiro atoms. The molecule has 0 aliphatic carbocycles. The zero-order valence-electron chi connectivity index (χ0n) is 38.9. The van der Waals surface area contributed by atoms with Crippen LogP contribution in [0.3, 0.4) is 0 Å². The first-order valence-electron chi connectivity index (χ1n) is 23.6. The molecule has 2 fully saturated rings. The number of benzene rings is 2. The zero-order chi connectivity index (χ0) is 46.0. The van der Waals surface area contributed by atoms with Crippen LogP contribution in [0.2, 0.25) is 5.15 Å². The average molecular weight is 914 g/mol. The first-order chi connectivity index (χ1) is 32.7. The molecular weight excluding hydrogens is 856 g/mol. The molecule has 2 aromatic carbocycles. The van der Waals surface area contributed by atoms with Crippen LogP contribution in [0.4, 0.5) is 23.4 Å². The van der Waals surface area contributed by atoms with E-state index in [1.54, 1.807) is 12.4 Å². The number of aryl methyl sites for hydroxylation is 2. The lowest BCUT2D eigenvalue weighted by molar-refractivity contribution is 0.418. The number of aromatic nitrogens is 10. The minimum absolute atomic E-state index is 0.0565. The largest absolute Gasteiger partial charge is 0.369 e. The van der Waals surface area contributed by atoms with Crippen molar-refractivity contribution in [3.05, 3.63) is 125 Å². The topological polar surface area (TPSA) is 151 Å². The Morgan fingerprint density at radius 3 is 1.72 bits per heavy atom. The van der Waals surface area contributed by atoms with E-state index in [1.807, 2.05) is 48.1 Å². The monoisotopic (exact) mass is 912 g/mol. The molecule has 67 heavy (non-hydrogen) atoms. The number of nitrogens with zero attached hydrogens (tertiary/aromatic N) is 12. The van der Waals surface area contributed by atoms with Crippen molar-refractivity contribution in [2.45, 2.75) is 65.2 Å². The van der Waals surface area contributed by atoms with E-state index < -0.39 is 0 Å². The Hall–Kier alpha value is -6.80. The molecule has 2 N–H and O–H groups in total. The molecule has 1 unspecified atom stereocenters. The highest BCUT2D eigenvalue weighted by atomic mass is 35.5. The number of halogens is 1. The molecular formula is C52H57ClN14. The summed E-state index contributed by atoms with van der Waals surface area (Å²) in [6, 6.07) is 26.9. The van der Waals surface area contributed by atoms with Gasteiger partial charge in [-0.2, -0.15) is 5.10 Å². The first kappa shape index (κ1) is 44.1. The smallest absolute Gasteiger partial charge is 0.206 e. The summed E-state index contributed by atoms with van der Waals surface area (Å²) in [4.78, 5) is 38.7. The lowest BCUT2D eigenvalue weighted by Gasteiger charge is -2.33. The molecule has 0 saturated carbocycles. The van der Waals surface area contributed by atoms with E-state index in [2.05, 4.69) is 112 Å². The Labute approximate surface area is 396 Å². The number of anilines is 4. The number of piperidine rings is 2. The van der Waals surface area contributed by atoms with Gasteiger partial charge in [0.1, 0.15) is 16.8 Å². The Morgan fingerprint density at radius 1 is 0.642 bits per heavy atom. The van der Waals surface area contributed by atoms with Gasteiger partial charge in [-0.25, -0.2) is 34.9 Å². The van der Waals surface area contributed by atoms with Gasteiger partial charge in [-0.05, 0) is 97.4 Å². The van der Waals surface area contributed by atoms with Crippen molar-refractivity contribution >= 4 is 57.1 Å². The molecule has 15 heteroatoms. The summed E-state index contributed by atoms with van der Waals surface area (Å²) >= 11 is 6.19. The molecule has 2 aliphatic heterocycles. The Kier molecular flexibility index (Phi) is 12.6. The molecule has 14 nitrogen and oxygen atoms in total.